The molecule has 0 unspecified atom stereocenters. The summed E-state index contributed by atoms with van der Waals surface area (Å²) in [6.45, 7) is 10.4. The van der Waals surface area contributed by atoms with E-state index < -0.39 is 0 Å². The van der Waals surface area contributed by atoms with Crippen molar-refractivity contribution in [3.63, 3.8) is 0 Å². The summed E-state index contributed by atoms with van der Waals surface area (Å²) in [5.41, 5.74) is -0.113. The minimum atomic E-state index is -0.224. The fourth-order valence-corrected chi connectivity index (χ4v) is 0.954. The molecule has 1 N–H and O–H groups in total. The lowest BCUT2D eigenvalue weighted by Crippen LogP contribution is -2.51. The highest BCUT2D eigenvalue weighted by Crippen LogP contribution is 2.09. The van der Waals surface area contributed by atoms with E-state index >= 15 is 0 Å². The van der Waals surface area contributed by atoms with Crippen LogP contribution < -0.4 is 5.32 Å². The van der Waals surface area contributed by atoms with E-state index in [2.05, 4.69) is 26.1 Å². The van der Waals surface area contributed by atoms with E-state index in [1.165, 1.54) is 0 Å². The largest absolute Gasteiger partial charge is 0.364 e. The van der Waals surface area contributed by atoms with Crippen LogP contribution in [-0.4, -0.2) is 18.4 Å². The first-order valence-corrected chi connectivity index (χ1v) is 3.61. The van der Waals surface area contributed by atoms with Crippen LogP contribution in [0.2, 0.25) is 0 Å². The lowest BCUT2D eigenvalue weighted by atomic mass is 10.1. The second-order valence-corrected chi connectivity index (χ2v) is 4.09. The van der Waals surface area contributed by atoms with E-state index in [1.54, 1.807) is 7.11 Å². The Kier molecular flexibility index (Phi) is 2.86. The van der Waals surface area contributed by atoms with E-state index in [9.17, 15) is 0 Å². The Balaban J connectivity index is 3.89. The molecular formula is C8H19NO. The summed E-state index contributed by atoms with van der Waals surface area (Å²) in [7, 11) is 1.71. The van der Waals surface area contributed by atoms with Crippen molar-refractivity contribution in [2.24, 2.45) is 0 Å². The maximum atomic E-state index is 5.20. The molecule has 62 valence electrons. The Morgan fingerprint density at radius 1 is 1.00 bits per heavy atom. The predicted molar refractivity (Wildman–Crippen MR) is 44.0 cm³/mol. The fraction of sp³-hybridized carbons (Fsp3) is 1.00. The molecular weight excluding hydrogens is 126 g/mol. The highest BCUT2D eigenvalue weighted by molar-refractivity contribution is 4.77. The molecule has 0 rings (SSSR count). The first kappa shape index (κ1) is 9.92. The van der Waals surface area contributed by atoms with Gasteiger partial charge in [0.2, 0.25) is 0 Å². The van der Waals surface area contributed by atoms with Crippen LogP contribution in [0, 0.1) is 0 Å². The Morgan fingerprint density at radius 3 is 1.50 bits per heavy atom. The number of nitrogens with one attached hydrogen (secondary N) is 1. The molecule has 0 aliphatic rings. The number of methoxy groups -OCH3 is 1. The van der Waals surface area contributed by atoms with Crippen molar-refractivity contribution in [3.05, 3.63) is 0 Å². The Morgan fingerprint density at radius 2 is 1.40 bits per heavy atom. The van der Waals surface area contributed by atoms with Crippen LogP contribution in [0.5, 0.6) is 0 Å². The van der Waals surface area contributed by atoms with Crippen LogP contribution in [0.4, 0.5) is 0 Å². The quantitative estimate of drug-likeness (QED) is 0.598. The van der Waals surface area contributed by atoms with Gasteiger partial charge in [-0.2, -0.15) is 0 Å². The molecule has 0 atom stereocenters. The Hall–Kier alpha value is -0.0800. The average molecular weight is 145 g/mol. The topological polar surface area (TPSA) is 21.3 Å². The molecule has 2 heteroatoms. The van der Waals surface area contributed by atoms with Gasteiger partial charge in [0.1, 0.15) is 5.72 Å². The maximum Gasteiger partial charge on any atom is 0.113 e. The molecule has 0 bridgehead atoms. The lowest BCUT2D eigenvalue weighted by molar-refractivity contribution is -0.0259. The minimum Gasteiger partial charge on any atom is -0.364 e. The molecule has 2 nitrogen and oxygen atoms in total. The summed E-state index contributed by atoms with van der Waals surface area (Å²) in [6.07, 6.45) is 0. The lowest BCUT2D eigenvalue weighted by Gasteiger charge is -2.33. The summed E-state index contributed by atoms with van der Waals surface area (Å²) in [5, 5.41) is 3.32. The van der Waals surface area contributed by atoms with Gasteiger partial charge in [0.15, 0.2) is 0 Å². The smallest absolute Gasteiger partial charge is 0.113 e. The summed E-state index contributed by atoms with van der Waals surface area (Å²) >= 11 is 0. The fourth-order valence-electron chi connectivity index (χ4n) is 0.954. The van der Waals surface area contributed by atoms with Gasteiger partial charge in [-0.1, -0.05) is 0 Å². The van der Waals surface area contributed by atoms with Gasteiger partial charge in [0, 0.05) is 12.6 Å². The average Bonchev–Trinajstić information content (AvgIpc) is 1.60. The third-order valence-electron chi connectivity index (χ3n) is 1.19. The van der Waals surface area contributed by atoms with Crippen molar-refractivity contribution in [3.8, 4) is 0 Å². The maximum absolute atomic E-state index is 5.20. The molecule has 0 saturated carbocycles. The molecule has 0 aromatic carbocycles. The molecule has 0 aromatic rings. The predicted octanol–water partition coefficient (Wildman–Crippen LogP) is 1.76. The van der Waals surface area contributed by atoms with Crippen LogP contribution in [0.15, 0.2) is 0 Å². The van der Waals surface area contributed by atoms with Crippen LogP contribution in [0.25, 0.3) is 0 Å². The van der Waals surface area contributed by atoms with Gasteiger partial charge in [-0.15, -0.1) is 0 Å². The van der Waals surface area contributed by atoms with Crippen molar-refractivity contribution in [1.82, 2.24) is 5.32 Å². The first-order valence-electron chi connectivity index (χ1n) is 3.61. The zero-order valence-electron chi connectivity index (χ0n) is 7.91. The minimum absolute atomic E-state index is 0.111. The van der Waals surface area contributed by atoms with Gasteiger partial charge in [0.05, 0.1) is 0 Å². The summed E-state index contributed by atoms with van der Waals surface area (Å²) in [6, 6.07) is 0. The summed E-state index contributed by atoms with van der Waals surface area (Å²) < 4.78 is 5.20. The molecule has 0 aromatic heterocycles. The van der Waals surface area contributed by atoms with Crippen LogP contribution in [0.1, 0.15) is 34.6 Å². The van der Waals surface area contributed by atoms with E-state index in [1.807, 2.05) is 13.8 Å². The highest BCUT2D eigenvalue weighted by Gasteiger charge is 2.22. The third kappa shape index (κ3) is 4.77. The molecule has 0 saturated heterocycles. The number of ether oxygens (including phenoxy) is 1. The number of hydrogen-bond acceptors (Lipinski definition) is 2. The van der Waals surface area contributed by atoms with Gasteiger partial charge in [-0.3, -0.25) is 5.32 Å². The second kappa shape index (κ2) is 2.89. The first-order chi connectivity index (χ1) is 4.27. The number of rotatable bonds is 2. The molecule has 0 aliphatic heterocycles. The standard InChI is InChI=1S/C8H19NO/c1-7(2,3)9-8(4,5)10-6/h9H,1-6H3. The monoisotopic (exact) mass is 145 g/mol. The van der Waals surface area contributed by atoms with E-state index in [0.717, 1.165) is 0 Å². The normalized spacial score (nSPS) is 13.8. The van der Waals surface area contributed by atoms with E-state index in [0.29, 0.717) is 0 Å². The SMILES string of the molecule is COC(C)(C)NC(C)(C)C. The third-order valence-corrected chi connectivity index (χ3v) is 1.19. The Bertz CT molecular complexity index is 102. The molecule has 10 heavy (non-hydrogen) atoms. The molecule has 0 aliphatic carbocycles. The summed E-state index contributed by atoms with van der Waals surface area (Å²) in [4.78, 5) is 0. The molecule has 0 radical (unpaired) electrons. The summed E-state index contributed by atoms with van der Waals surface area (Å²) in [5.74, 6) is 0. The van der Waals surface area contributed by atoms with Gasteiger partial charge in [-0.25, -0.2) is 0 Å². The second-order valence-electron chi connectivity index (χ2n) is 4.09. The van der Waals surface area contributed by atoms with Crippen LogP contribution in [0.3, 0.4) is 0 Å². The van der Waals surface area contributed by atoms with Gasteiger partial charge in [0.25, 0.3) is 0 Å². The molecule has 0 heterocycles. The number of hydrogen-bond donors (Lipinski definition) is 1. The van der Waals surface area contributed by atoms with E-state index in [-0.39, 0.29) is 11.3 Å². The molecule has 0 fully saturated rings. The van der Waals surface area contributed by atoms with Crippen molar-refractivity contribution in [2.45, 2.75) is 45.9 Å². The van der Waals surface area contributed by atoms with Crippen molar-refractivity contribution < 1.29 is 4.74 Å². The highest BCUT2D eigenvalue weighted by atomic mass is 16.5. The van der Waals surface area contributed by atoms with E-state index in [4.69, 9.17) is 4.74 Å². The van der Waals surface area contributed by atoms with Gasteiger partial charge in [-0.05, 0) is 34.6 Å². The van der Waals surface area contributed by atoms with Crippen molar-refractivity contribution >= 4 is 0 Å². The molecule has 0 amide bonds. The zero-order valence-corrected chi connectivity index (χ0v) is 7.91. The van der Waals surface area contributed by atoms with Crippen LogP contribution >= 0.6 is 0 Å². The van der Waals surface area contributed by atoms with Crippen molar-refractivity contribution in [1.29, 1.82) is 0 Å². The molecule has 0 spiro atoms. The van der Waals surface area contributed by atoms with Crippen molar-refractivity contribution in [2.75, 3.05) is 7.11 Å². The van der Waals surface area contributed by atoms with Gasteiger partial charge >= 0.3 is 0 Å². The van der Waals surface area contributed by atoms with Crippen LogP contribution in [-0.2, 0) is 4.74 Å². The zero-order chi connectivity index (χ0) is 8.41. The van der Waals surface area contributed by atoms with Gasteiger partial charge < -0.3 is 4.74 Å². The Labute approximate surface area is 64.0 Å².